The maximum atomic E-state index is 12.8. The molecule has 298 valence electrons. The fraction of sp³-hybridized carbons (Fsp3) is 0.537. The summed E-state index contributed by atoms with van der Waals surface area (Å²) in [6.45, 7) is 20.9. The van der Waals surface area contributed by atoms with Gasteiger partial charge in [0.15, 0.2) is 5.82 Å². The van der Waals surface area contributed by atoms with Gasteiger partial charge in [0.1, 0.15) is 28.1 Å². The zero-order chi connectivity index (χ0) is 41.4. The van der Waals surface area contributed by atoms with Gasteiger partial charge in [-0.15, -0.1) is 6.42 Å². The smallest absolute Gasteiger partial charge is 0.320 e. The molecule has 3 aromatic rings. The van der Waals surface area contributed by atoms with Gasteiger partial charge in [0.2, 0.25) is 0 Å². The third-order valence-electron chi connectivity index (χ3n) is 6.81. The summed E-state index contributed by atoms with van der Waals surface area (Å²) in [5.41, 5.74) is -0.365. The Bertz CT molecular complexity index is 1810. The summed E-state index contributed by atoms with van der Waals surface area (Å²) in [7, 11) is 0. The van der Waals surface area contributed by atoms with Gasteiger partial charge in [0.25, 0.3) is 0 Å². The molecule has 3 aromatic heterocycles. The topological polar surface area (TPSA) is 155 Å². The number of carbonyl (C=O) groups excluding carboxylic acids is 4. The maximum absolute atomic E-state index is 12.8. The van der Waals surface area contributed by atoms with Crippen molar-refractivity contribution in [2.75, 3.05) is 26.2 Å². The van der Waals surface area contributed by atoms with E-state index in [0.717, 1.165) is 0 Å². The van der Waals surface area contributed by atoms with Gasteiger partial charge in [-0.1, -0.05) is 18.1 Å². The van der Waals surface area contributed by atoms with Gasteiger partial charge < -0.3 is 18.9 Å². The minimum Gasteiger partial charge on any atom is -0.459 e. The number of ether oxygens (including phenoxy) is 4. The summed E-state index contributed by atoms with van der Waals surface area (Å²) in [5, 5.41) is 4.74. The Kier molecular flexibility index (Phi) is 14.5. The van der Waals surface area contributed by atoms with Crippen molar-refractivity contribution < 1.29 is 38.1 Å². The molecule has 0 atom stereocenters. The van der Waals surface area contributed by atoms with Crippen LogP contribution in [0.3, 0.4) is 0 Å². The number of pyridine rings is 2. The Morgan fingerprint density at radius 3 is 1.38 bits per heavy atom. The number of rotatable bonds is 14. The van der Waals surface area contributed by atoms with Crippen molar-refractivity contribution in [3.8, 4) is 29.5 Å². The molecule has 0 aliphatic rings. The molecule has 0 aromatic carbocycles. The molecule has 55 heavy (non-hydrogen) atoms. The van der Waals surface area contributed by atoms with Crippen LogP contribution in [0.4, 0.5) is 0 Å². The highest BCUT2D eigenvalue weighted by Crippen LogP contribution is 2.23. The van der Waals surface area contributed by atoms with Gasteiger partial charge >= 0.3 is 23.9 Å². The first-order valence-electron chi connectivity index (χ1n) is 18.1. The molecule has 0 aliphatic carbocycles. The number of esters is 4. The first kappa shape index (κ1) is 44.3. The maximum Gasteiger partial charge on any atom is 0.320 e. The lowest BCUT2D eigenvalue weighted by Gasteiger charge is -2.26. The van der Waals surface area contributed by atoms with E-state index in [-0.39, 0.29) is 39.3 Å². The molecule has 0 N–H and O–H groups in total. The molecule has 14 nitrogen and oxygen atoms in total. The van der Waals surface area contributed by atoms with Crippen molar-refractivity contribution in [2.45, 2.75) is 119 Å². The Morgan fingerprint density at radius 1 is 0.618 bits per heavy atom. The van der Waals surface area contributed by atoms with E-state index in [0.29, 0.717) is 34.2 Å². The number of carbonyl (C=O) groups is 4. The highest BCUT2D eigenvalue weighted by Gasteiger charge is 2.26. The van der Waals surface area contributed by atoms with Crippen LogP contribution in [0.15, 0.2) is 42.6 Å². The van der Waals surface area contributed by atoms with Crippen LogP contribution in [0.5, 0.6) is 0 Å². The predicted molar refractivity (Wildman–Crippen MR) is 206 cm³/mol. The SMILES string of the molecule is C#Cc1cn(-c2cccc(CN(CC(=O)OC(C)(C)C)CC(=O)OC(C)(C)C)n2)nc1-c1cccc(CN(CC(=O)OC(C)(C)C)CC(=O)OC(C)(C)C)n1. The van der Waals surface area contributed by atoms with Crippen LogP contribution < -0.4 is 0 Å². The zero-order valence-corrected chi connectivity index (χ0v) is 34.3. The lowest BCUT2D eigenvalue weighted by atomic mass is 10.1. The highest BCUT2D eigenvalue weighted by molar-refractivity contribution is 5.76. The lowest BCUT2D eigenvalue weighted by molar-refractivity contribution is -0.162. The second kappa shape index (κ2) is 18.0. The molecule has 14 heteroatoms. The molecular formula is C41H56N6O8. The average molecular weight is 761 g/mol. The Morgan fingerprint density at radius 2 is 1.00 bits per heavy atom. The van der Waals surface area contributed by atoms with E-state index in [2.05, 4.69) is 5.92 Å². The predicted octanol–water partition coefficient (Wildman–Crippen LogP) is 5.28. The number of nitrogens with zero attached hydrogens (tertiary/aromatic N) is 6. The summed E-state index contributed by atoms with van der Waals surface area (Å²) in [5.74, 6) is 1.14. The van der Waals surface area contributed by atoms with Gasteiger partial charge in [0, 0.05) is 19.3 Å². The molecule has 0 amide bonds. The number of hydrogen-bond acceptors (Lipinski definition) is 13. The molecule has 0 aliphatic heterocycles. The fourth-order valence-electron chi connectivity index (χ4n) is 5.19. The van der Waals surface area contributed by atoms with Crippen molar-refractivity contribution in [2.24, 2.45) is 0 Å². The van der Waals surface area contributed by atoms with Crippen LogP contribution in [0, 0.1) is 12.3 Å². The Hall–Kier alpha value is -5.13. The molecule has 3 rings (SSSR count). The van der Waals surface area contributed by atoms with Crippen LogP contribution in [-0.2, 0) is 51.2 Å². The molecule has 3 heterocycles. The Labute approximate surface area is 324 Å². The van der Waals surface area contributed by atoms with Crippen molar-refractivity contribution in [3.63, 3.8) is 0 Å². The molecule has 0 saturated carbocycles. The molecule has 0 radical (unpaired) electrons. The summed E-state index contributed by atoms with van der Waals surface area (Å²) in [6.07, 6.45) is 7.59. The number of aromatic nitrogens is 4. The molecule has 0 spiro atoms. The lowest BCUT2D eigenvalue weighted by Crippen LogP contribution is -2.39. The van der Waals surface area contributed by atoms with Gasteiger partial charge in [-0.2, -0.15) is 5.10 Å². The van der Waals surface area contributed by atoms with E-state index in [4.69, 9.17) is 40.4 Å². The van der Waals surface area contributed by atoms with Crippen LogP contribution in [0.25, 0.3) is 17.2 Å². The third kappa shape index (κ3) is 16.4. The molecule has 0 bridgehead atoms. The van der Waals surface area contributed by atoms with Crippen LogP contribution >= 0.6 is 0 Å². The first-order valence-corrected chi connectivity index (χ1v) is 18.1. The average Bonchev–Trinajstić information content (AvgIpc) is 3.42. The van der Waals surface area contributed by atoms with Gasteiger partial charge in [0.05, 0.1) is 48.8 Å². The molecule has 0 fully saturated rings. The van der Waals surface area contributed by atoms with E-state index >= 15 is 0 Å². The molecule has 0 saturated heterocycles. The van der Waals surface area contributed by atoms with Crippen molar-refractivity contribution in [1.82, 2.24) is 29.5 Å². The number of terminal acetylenes is 1. The van der Waals surface area contributed by atoms with Crippen LogP contribution in [0.2, 0.25) is 0 Å². The summed E-state index contributed by atoms with van der Waals surface area (Å²) < 4.78 is 23.6. The number of hydrogen-bond donors (Lipinski definition) is 0. The van der Waals surface area contributed by atoms with Gasteiger partial charge in [-0.25, -0.2) is 14.6 Å². The van der Waals surface area contributed by atoms with Crippen LogP contribution in [-0.4, -0.2) is 102 Å². The quantitative estimate of drug-likeness (QED) is 0.119. The van der Waals surface area contributed by atoms with Gasteiger partial charge in [-0.05, 0) is 107 Å². The fourth-order valence-corrected chi connectivity index (χ4v) is 5.19. The van der Waals surface area contributed by atoms with E-state index in [1.165, 1.54) is 4.68 Å². The Balaban J connectivity index is 1.89. The summed E-state index contributed by atoms with van der Waals surface area (Å²) >= 11 is 0. The van der Waals surface area contributed by atoms with Gasteiger partial charge in [-0.3, -0.25) is 29.0 Å². The third-order valence-corrected chi connectivity index (χ3v) is 6.81. The second-order valence-electron chi connectivity index (χ2n) is 17.1. The van der Waals surface area contributed by atoms with E-state index in [9.17, 15) is 19.2 Å². The monoisotopic (exact) mass is 760 g/mol. The molecule has 0 unspecified atom stereocenters. The van der Waals surface area contributed by atoms with Crippen LogP contribution in [0.1, 0.15) is 100 Å². The minimum absolute atomic E-state index is 0.130. The highest BCUT2D eigenvalue weighted by atomic mass is 16.6. The molecular weight excluding hydrogens is 704 g/mol. The minimum atomic E-state index is -0.703. The zero-order valence-electron chi connectivity index (χ0n) is 34.3. The largest absolute Gasteiger partial charge is 0.459 e. The second-order valence-corrected chi connectivity index (χ2v) is 17.1. The summed E-state index contributed by atoms with van der Waals surface area (Å²) in [6, 6.07) is 10.6. The standard InChI is InChI=1S/C41H56N6O8/c1-14-28-21-47(32-20-16-18-30(43-32)23-46(26-35(50)54-40(8,9)10)27-36(51)55-41(11,12)13)44-37(28)31-19-15-17-29(42-31)22-45(24-33(48)52-38(2,3)4)25-34(49)53-39(5,6)7/h1,15-21H,22-27H2,2-13H3. The van der Waals surface area contributed by atoms with Crippen molar-refractivity contribution in [1.29, 1.82) is 0 Å². The van der Waals surface area contributed by atoms with E-state index in [1.54, 1.807) is 135 Å². The normalized spacial score (nSPS) is 12.3. The van der Waals surface area contributed by atoms with E-state index < -0.39 is 46.3 Å². The van der Waals surface area contributed by atoms with Crippen molar-refractivity contribution >= 4 is 23.9 Å². The van der Waals surface area contributed by atoms with E-state index in [1.807, 2.05) is 0 Å². The summed E-state index contributed by atoms with van der Waals surface area (Å²) in [4.78, 5) is 63.9. The van der Waals surface area contributed by atoms with Crippen molar-refractivity contribution in [3.05, 3.63) is 59.5 Å². The first-order chi connectivity index (χ1) is 25.3.